The van der Waals surface area contributed by atoms with Crippen LogP contribution >= 0.6 is 0 Å². The van der Waals surface area contributed by atoms with Gasteiger partial charge in [0.1, 0.15) is 5.76 Å². The third kappa shape index (κ3) is 2.70. The monoisotopic (exact) mass is 205 g/mol. The predicted molar refractivity (Wildman–Crippen MR) is 57.4 cm³/mol. The predicted octanol–water partition coefficient (Wildman–Crippen LogP) is 1.63. The first-order valence-corrected chi connectivity index (χ1v) is 5.13. The Labute approximate surface area is 88.9 Å². The summed E-state index contributed by atoms with van der Waals surface area (Å²) in [6, 6.07) is 3.97. The van der Waals surface area contributed by atoms with Gasteiger partial charge in [0, 0.05) is 24.5 Å². The highest BCUT2D eigenvalue weighted by Gasteiger charge is 2.02. The fourth-order valence-electron chi connectivity index (χ4n) is 1.42. The van der Waals surface area contributed by atoms with E-state index in [1.807, 2.05) is 16.9 Å². The normalized spacial score (nSPS) is 10.7. The van der Waals surface area contributed by atoms with Gasteiger partial charge in [-0.25, -0.2) is 0 Å². The first-order valence-electron chi connectivity index (χ1n) is 5.13. The second kappa shape index (κ2) is 4.79. The molecule has 0 unspecified atom stereocenters. The summed E-state index contributed by atoms with van der Waals surface area (Å²) in [6.45, 7) is 4.61. The highest BCUT2D eigenvalue weighted by atomic mass is 16.3. The highest BCUT2D eigenvalue weighted by Crippen LogP contribution is 2.08. The zero-order chi connectivity index (χ0) is 10.5. The van der Waals surface area contributed by atoms with Crippen molar-refractivity contribution in [1.82, 2.24) is 15.1 Å². The largest absolute Gasteiger partial charge is 0.467 e. The topological polar surface area (TPSA) is 43.0 Å². The van der Waals surface area contributed by atoms with Gasteiger partial charge in [0.25, 0.3) is 0 Å². The van der Waals surface area contributed by atoms with Gasteiger partial charge < -0.3 is 9.73 Å². The maximum atomic E-state index is 5.43. The summed E-state index contributed by atoms with van der Waals surface area (Å²) in [5.41, 5.74) is 1.18. The van der Waals surface area contributed by atoms with E-state index in [-0.39, 0.29) is 0 Å². The van der Waals surface area contributed by atoms with Gasteiger partial charge in [-0.3, -0.25) is 4.68 Å². The van der Waals surface area contributed by atoms with E-state index in [9.17, 15) is 0 Å². The summed E-state index contributed by atoms with van der Waals surface area (Å²) in [6.07, 6.45) is 5.48. The maximum Gasteiger partial charge on any atom is 0.125 e. The molecule has 0 saturated carbocycles. The zero-order valence-electron chi connectivity index (χ0n) is 8.81. The van der Waals surface area contributed by atoms with E-state index in [4.69, 9.17) is 4.42 Å². The van der Waals surface area contributed by atoms with E-state index >= 15 is 0 Å². The molecule has 0 aliphatic carbocycles. The van der Waals surface area contributed by atoms with Gasteiger partial charge >= 0.3 is 0 Å². The van der Waals surface area contributed by atoms with Gasteiger partial charge in [0.15, 0.2) is 0 Å². The summed E-state index contributed by atoms with van der Waals surface area (Å²) in [7, 11) is 0. The molecule has 0 aliphatic rings. The minimum atomic E-state index is 0.694. The van der Waals surface area contributed by atoms with Gasteiger partial charge in [-0.1, -0.05) is 6.92 Å². The van der Waals surface area contributed by atoms with Gasteiger partial charge in [-0.2, -0.15) is 5.10 Å². The Morgan fingerprint density at radius 1 is 1.53 bits per heavy atom. The molecule has 0 amide bonds. The summed E-state index contributed by atoms with van der Waals surface area (Å²) in [5, 5.41) is 7.38. The third-order valence-electron chi connectivity index (χ3n) is 2.16. The van der Waals surface area contributed by atoms with Gasteiger partial charge in [0.2, 0.25) is 0 Å². The van der Waals surface area contributed by atoms with Crippen molar-refractivity contribution in [2.24, 2.45) is 0 Å². The molecule has 0 fully saturated rings. The van der Waals surface area contributed by atoms with Crippen LogP contribution in [0.15, 0.2) is 35.2 Å². The molecule has 0 radical (unpaired) electrons. The second-order valence-corrected chi connectivity index (χ2v) is 3.41. The lowest BCUT2D eigenvalue weighted by molar-refractivity contribution is 0.478. The number of hydrogen-bond acceptors (Lipinski definition) is 3. The molecule has 0 aromatic carbocycles. The highest BCUT2D eigenvalue weighted by molar-refractivity contribution is 5.12. The number of furan rings is 1. The number of aromatic nitrogens is 2. The van der Waals surface area contributed by atoms with Crippen LogP contribution in [0.5, 0.6) is 0 Å². The quantitative estimate of drug-likeness (QED) is 0.806. The second-order valence-electron chi connectivity index (χ2n) is 3.41. The lowest BCUT2D eigenvalue weighted by Gasteiger charge is -1.96. The van der Waals surface area contributed by atoms with Crippen molar-refractivity contribution in [2.45, 2.75) is 20.0 Å². The van der Waals surface area contributed by atoms with Crippen LogP contribution < -0.4 is 5.32 Å². The number of nitrogens with zero attached hydrogens (tertiary/aromatic N) is 2. The van der Waals surface area contributed by atoms with E-state index in [0.29, 0.717) is 6.54 Å². The number of rotatable bonds is 5. The summed E-state index contributed by atoms with van der Waals surface area (Å²) >= 11 is 0. The van der Waals surface area contributed by atoms with E-state index in [1.54, 1.807) is 12.5 Å². The molecule has 0 aliphatic heterocycles. The van der Waals surface area contributed by atoms with Gasteiger partial charge in [-0.05, 0) is 18.7 Å². The Balaban J connectivity index is 1.95. The molecule has 0 saturated heterocycles. The van der Waals surface area contributed by atoms with Crippen molar-refractivity contribution in [2.75, 3.05) is 6.54 Å². The van der Waals surface area contributed by atoms with Crippen LogP contribution in [0.3, 0.4) is 0 Å². The Kier molecular flexibility index (Phi) is 3.19. The van der Waals surface area contributed by atoms with E-state index in [1.165, 1.54) is 5.56 Å². The summed E-state index contributed by atoms with van der Waals surface area (Å²) < 4.78 is 7.28. The third-order valence-corrected chi connectivity index (χ3v) is 2.16. The Bertz CT molecular complexity index is 392. The van der Waals surface area contributed by atoms with Crippen LogP contribution in [0.25, 0.3) is 0 Å². The molecule has 4 nitrogen and oxygen atoms in total. The molecule has 2 rings (SSSR count). The molecule has 0 bridgehead atoms. The fourth-order valence-corrected chi connectivity index (χ4v) is 1.42. The molecule has 15 heavy (non-hydrogen) atoms. The van der Waals surface area contributed by atoms with Crippen molar-refractivity contribution in [1.29, 1.82) is 0 Å². The summed E-state index contributed by atoms with van der Waals surface area (Å²) in [4.78, 5) is 0. The molecule has 0 atom stereocenters. The molecule has 4 heteroatoms. The number of nitrogens with one attached hydrogen (secondary N) is 1. The van der Waals surface area contributed by atoms with Crippen LogP contribution in [-0.4, -0.2) is 16.3 Å². The van der Waals surface area contributed by atoms with E-state index in [0.717, 1.165) is 18.8 Å². The molecule has 1 N–H and O–H groups in total. The average Bonchev–Trinajstić information content (AvgIpc) is 2.87. The van der Waals surface area contributed by atoms with Crippen LogP contribution in [0.2, 0.25) is 0 Å². The van der Waals surface area contributed by atoms with Crippen LogP contribution in [0, 0.1) is 0 Å². The van der Waals surface area contributed by atoms with Crippen molar-refractivity contribution >= 4 is 0 Å². The van der Waals surface area contributed by atoms with Crippen molar-refractivity contribution in [3.05, 3.63) is 42.1 Å². The van der Waals surface area contributed by atoms with E-state index in [2.05, 4.69) is 23.4 Å². The first kappa shape index (κ1) is 9.98. The molecule has 2 heterocycles. The van der Waals surface area contributed by atoms with Crippen LogP contribution in [0.1, 0.15) is 18.2 Å². The average molecular weight is 205 g/mol. The molecular formula is C11H15N3O. The Hall–Kier alpha value is -1.55. The molecule has 2 aromatic heterocycles. The molecule has 0 spiro atoms. The van der Waals surface area contributed by atoms with Crippen molar-refractivity contribution in [3.63, 3.8) is 0 Å². The van der Waals surface area contributed by atoms with Crippen molar-refractivity contribution in [3.8, 4) is 0 Å². The lowest BCUT2D eigenvalue weighted by Crippen LogP contribution is -2.10. The standard InChI is InChI=1S/C11H15N3O/c1-2-12-7-10-6-11(15-9-10)8-14-5-3-4-13-14/h3-6,9,12H,2,7-8H2,1H3. The molecule has 2 aromatic rings. The SMILES string of the molecule is CCNCc1coc(Cn2cccn2)c1. The lowest BCUT2D eigenvalue weighted by atomic mass is 10.3. The van der Waals surface area contributed by atoms with Crippen LogP contribution in [0.4, 0.5) is 0 Å². The Morgan fingerprint density at radius 3 is 3.20 bits per heavy atom. The van der Waals surface area contributed by atoms with Gasteiger partial charge in [-0.15, -0.1) is 0 Å². The fraction of sp³-hybridized carbons (Fsp3) is 0.364. The Morgan fingerprint density at radius 2 is 2.47 bits per heavy atom. The molecule has 80 valence electrons. The minimum Gasteiger partial charge on any atom is -0.467 e. The minimum absolute atomic E-state index is 0.694. The summed E-state index contributed by atoms with van der Waals surface area (Å²) in [5.74, 6) is 0.937. The smallest absolute Gasteiger partial charge is 0.125 e. The molecular weight excluding hydrogens is 190 g/mol. The van der Waals surface area contributed by atoms with Gasteiger partial charge in [0.05, 0.1) is 12.8 Å². The van der Waals surface area contributed by atoms with E-state index < -0.39 is 0 Å². The number of hydrogen-bond donors (Lipinski definition) is 1. The zero-order valence-corrected chi connectivity index (χ0v) is 8.81. The maximum absolute atomic E-state index is 5.43. The first-order chi connectivity index (χ1) is 7.38. The van der Waals surface area contributed by atoms with Crippen molar-refractivity contribution < 1.29 is 4.42 Å². The van der Waals surface area contributed by atoms with Crippen LogP contribution in [-0.2, 0) is 13.1 Å².